The molecule has 0 saturated heterocycles. The van der Waals surface area contributed by atoms with E-state index < -0.39 is 17.6 Å². The number of para-hydroxylation sites is 1. The minimum absolute atomic E-state index is 0.0314. The number of anilines is 1. The largest absolute Gasteiger partial charge is 0.456 e. The molecule has 0 aliphatic heterocycles. The highest BCUT2D eigenvalue weighted by atomic mass is 19.4. The summed E-state index contributed by atoms with van der Waals surface area (Å²) in [5, 5.41) is 9.74. The van der Waals surface area contributed by atoms with Crippen LogP contribution in [0.4, 0.5) is 18.9 Å². The number of halogens is 3. The van der Waals surface area contributed by atoms with Crippen LogP contribution in [0.15, 0.2) is 85.5 Å². The predicted octanol–water partition coefficient (Wildman–Crippen LogP) is 6.08. The second-order valence-electron chi connectivity index (χ2n) is 7.57. The predicted molar refractivity (Wildman–Crippen MR) is 123 cm³/mol. The van der Waals surface area contributed by atoms with Crippen LogP contribution in [0, 0.1) is 0 Å². The standard InChI is InChI=1S/C25H16F3N5O2/c26-25(27,28)17-10-18(13-30-12-17)31-24(34)23-21-9-15(6-7-22(21)32-33-23)16-8-20(14-29-11-16)35-19-4-2-1-3-5-19/h1-14H,(H,31,34)(H,32,33). The van der Waals surface area contributed by atoms with Gasteiger partial charge in [-0.05, 0) is 42.0 Å². The van der Waals surface area contributed by atoms with Crippen molar-refractivity contribution in [2.24, 2.45) is 0 Å². The molecule has 35 heavy (non-hydrogen) atoms. The molecular weight excluding hydrogens is 459 g/mol. The lowest BCUT2D eigenvalue weighted by molar-refractivity contribution is -0.137. The van der Waals surface area contributed by atoms with Crippen molar-refractivity contribution >= 4 is 22.5 Å². The summed E-state index contributed by atoms with van der Waals surface area (Å²) in [5.41, 5.74) is 1.06. The summed E-state index contributed by atoms with van der Waals surface area (Å²) in [5.74, 6) is 0.532. The summed E-state index contributed by atoms with van der Waals surface area (Å²) < 4.78 is 44.7. The van der Waals surface area contributed by atoms with E-state index in [0.29, 0.717) is 28.6 Å². The molecule has 0 radical (unpaired) electrons. The van der Waals surface area contributed by atoms with Gasteiger partial charge in [0.2, 0.25) is 0 Å². The second-order valence-corrected chi connectivity index (χ2v) is 7.57. The number of carbonyl (C=O) groups excluding carboxylic acids is 1. The van der Waals surface area contributed by atoms with Gasteiger partial charge in [-0.3, -0.25) is 19.9 Å². The van der Waals surface area contributed by atoms with Gasteiger partial charge in [0, 0.05) is 23.3 Å². The molecule has 0 saturated carbocycles. The normalized spacial score (nSPS) is 11.4. The van der Waals surface area contributed by atoms with Crippen LogP contribution >= 0.6 is 0 Å². The molecule has 1 amide bonds. The number of alkyl halides is 3. The molecule has 0 aliphatic rings. The van der Waals surface area contributed by atoms with Crippen LogP contribution in [-0.4, -0.2) is 26.1 Å². The first-order chi connectivity index (χ1) is 16.9. The lowest BCUT2D eigenvalue weighted by Gasteiger charge is -2.09. The van der Waals surface area contributed by atoms with E-state index in [1.54, 1.807) is 24.5 Å². The Balaban J connectivity index is 1.43. The van der Waals surface area contributed by atoms with Crippen LogP contribution < -0.4 is 10.1 Å². The molecule has 0 atom stereocenters. The third kappa shape index (κ3) is 4.81. The van der Waals surface area contributed by atoms with Crippen LogP contribution in [0.2, 0.25) is 0 Å². The third-order valence-corrected chi connectivity index (χ3v) is 5.13. The van der Waals surface area contributed by atoms with E-state index in [0.717, 1.165) is 23.4 Å². The van der Waals surface area contributed by atoms with Crippen molar-refractivity contribution in [3.63, 3.8) is 0 Å². The molecule has 7 nitrogen and oxygen atoms in total. The van der Waals surface area contributed by atoms with E-state index in [4.69, 9.17) is 4.74 Å². The maximum atomic E-state index is 13.0. The number of hydrogen-bond acceptors (Lipinski definition) is 5. The maximum Gasteiger partial charge on any atom is 0.417 e. The highest BCUT2D eigenvalue weighted by Gasteiger charge is 2.31. The van der Waals surface area contributed by atoms with Gasteiger partial charge in [-0.15, -0.1) is 0 Å². The molecule has 10 heteroatoms. The number of fused-ring (bicyclic) bond motifs is 1. The zero-order chi connectivity index (χ0) is 24.4. The molecule has 0 spiro atoms. The van der Waals surface area contributed by atoms with E-state index in [2.05, 4.69) is 25.5 Å². The topological polar surface area (TPSA) is 92.8 Å². The summed E-state index contributed by atoms with van der Waals surface area (Å²) in [6.45, 7) is 0. The summed E-state index contributed by atoms with van der Waals surface area (Å²) in [6.07, 6.45) is 0.503. The number of pyridine rings is 2. The first-order valence-corrected chi connectivity index (χ1v) is 10.4. The highest BCUT2D eigenvalue weighted by Crippen LogP contribution is 2.31. The van der Waals surface area contributed by atoms with Crippen molar-refractivity contribution in [2.45, 2.75) is 6.18 Å². The Bertz CT molecular complexity index is 1520. The van der Waals surface area contributed by atoms with E-state index in [-0.39, 0.29) is 11.4 Å². The molecular formula is C25H16F3N5O2. The first kappa shape index (κ1) is 22.1. The van der Waals surface area contributed by atoms with Gasteiger partial charge in [-0.2, -0.15) is 18.3 Å². The van der Waals surface area contributed by atoms with Crippen LogP contribution in [0.1, 0.15) is 16.1 Å². The molecule has 0 unspecified atom stereocenters. The Hall–Kier alpha value is -4.73. The number of aromatic nitrogens is 4. The number of ether oxygens (including phenoxy) is 1. The van der Waals surface area contributed by atoms with Gasteiger partial charge in [0.15, 0.2) is 5.69 Å². The lowest BCUT2D eigenvalue weighted by Crippen LogP contribution is -2.14. The Kier molecular flexibility index (Phi) is 5.61. The second kappa shape index (κ2) is 8.90. The number of amides is 1. The zero-order valence-electron chi connectivity index (χ0n) is 17.9. The molecule has 3 heterocycles. The fraction of sp³-hybridized carbons (Fsp3) is 0.0400. The van der Waals surface area contributed by atoms with Gasteiger partial charge < -0.3 is 10.1 Å². The SMILES string of the molecule is O=C(Nc1cncc(C(F)(F)F)c1)c1n[nH]c2ccc(-c3cncc(Oc4ccccc4)c3)cc12. The molecule has 5 aromatic rings. The number of rotatable bonds is 5. The van der Waals surface area contributed by atoms with Crippen LogP contribution in [-0.2, 0) is 6.18 Å². The Morgan fingerprint density at radius 1 is 0.857 bits per heavy atom. The van der Waals surface area contributed by atoms with Crippen molar-refractivity contribution in [2.75, 3.05) is 5.32 Å². The smallest absolute Gasteiger partial charge is 0.417 e. The summed E-state index contributed by atoms with van der Waals surface area (Å²) >= 11 is 0. The fourth-order valence-electron chi connectivity index (χ4n) is 3.48. The van der Waals surface area contributed by atoms with E-state index in [9.17, 15) is 18.0 Å². The van der Waals surface area contributed by atoms with Crippen LogP contribution in [0.5, 0.6) is 11.5 Å². The molecule has 0 bridgehead atoms. The minimum atomic E-state index is -4.57. The van der Waals surface area contributed by atoms with Gasteiger partial charge in [-0.25, -0.2) is 0 Å². The van der Waals surface area contributed by atoms with Gasteiger partial charge in [-0.1, -0.05) is 24.3 Å². The number of carbonyl (C=O) groups is 1. The third-order valence-electron chi connectivity index (χ3n) is 5.13. The van der Waals surface area contributed by atoms with E-state index >= 15 is 0 Å². The Morgan fingerprint density at radius 3 is 2.46 bits per heavy atom. The number of aromatic amines is 1. The number of nitrogens with one attached hydrogen (secondary N) is 2. The molecule has 2 N–H and O–H groups in total. The molecule has 0 aliphatic carbocycles. The van der Waals surface area contributed by atoms with Crippen molar-refractivity contribution < 1.29 is 22.7 Å². The fourth-order valence-corrected chi connectivity index (χ4v) is 3.48. The lowest BCUT2D eigenvalue weighted by atomic mass is 10.0. The minimum Gasteiger partial charge on any atom is -0.456 e. The maximum absolute atomic E-state index is 13.0. The molecule has 3 aromatic heterocycles. The van der Waals surface area contributed by atoms with Crippen LogP contribution in [0.3, 0.4) is 0 Å². The van der Waals surface area contributed by atoms with Crippen molar-refractivity contribution in [1.29, 1.82) is 0 Å². The van der Waals surface area contributed by atoms with Crippen molar-refractivity contribution in [3.8, 4) is 22.6 Å². The van der Waals surface area contributed by atoms with Crippen LogP contribution in [0.25, 0.3) is 22.0 Å². The van der Waals surface area contributed by atoms with Gasteiger partial charge in [0.1, 0.15) is 11.5 Å². The molecule has 174 valence electrons. The van der Waals surface area contributed by atoms with Crippen molar-refractivity contribution in [3.05, 3.63) is 96.7 Å². The number of benzene rings is 2. The highest BCUT2D eigenvalue weighted by molar-refractivity contribution is 6.11. The summed E-state index contributed by atoms with van der Waals surface area (Å²) in [6, 6.07) is 17.2. The summed E-state index contributed by atoms with van der Waals surface area (Å²) in [7, 11) is 0. The monoisotopic (exact) mass is 475 g/mol. The quantitative estimate of drug-likeness (QED) is 0.321. The Morgan fingerprint density at radius 2 is 1.66 bits per heavy atom. The number of nitrogens with zero attached hydrogens (tertiary/aromatic N) is 3. The zero-order valence-corrected chi connectivity index (χ0v) is 17.9. The van der Waals surface area contributed by atoms with E-state index in [1.807, 2.05) is 42.5 Å². The summed E-state index contributed by atoms with van der Waals surface area (Å²) in [4.78, 5) is 20.6. The average Bonchev–Trinajstić information content (AvgIpc) is 3.28. The van der Waals surface area contributed by atoms with E-state index in [1.165, 1.54) is 0 Å². The number of H-pyrrole nitrogens is 1. The van der Waals surface area contributed by atoms with Gasteiger partial charge >= 0.3 is 6.18 Å². The Labute approximate surface area is 196 Å². The van der Waals surface area contributed by atoms with Crippen molar-refractivity contribution in [1.82, 2.24) is 20.2 Å². The van der Waals surface area contributed by atoms with Gasteiger partial charge in [0.05, 0.1) is 29.2 Å². The molecule has 0 fully saturated rings. The molecule has 2 aromatic carbocycles. The molecule has 5 rings (SSSR count). The van der Waals surface area contributed by atoms with Gasteiger partial charge in [0.25, 0.3) is 5.91 Å². The first-order valence-electron chi connectivity index (χ1n) is 10.4. The average molecular weight is 475 g/mol. The number of hydrogen-bond donors (Lipinski definition) is 2.